The molecule has 0 spiro atoms. The number of carbonyl (C=O) groups is 1. The lowest BCUT2D eigenvalue weighted by atomic mass is 9.67. The molecule has 130 valence electrons. The van der Waals surface area contributed by atoms with Gasteiger partial charge >= 0.3 is 0 Å². The summed E-state index contributed by atoms with van der Waals surface area (Å²) in [7, 11) is 1.71. The molecule has 2 heterocycles. The number of rotatable bonds is 5. The van der Waals surface area contributed by atoms with Gasteiger partial charge in [-0.25, -0.2) is 0 Å². The molecule has 0 unspecified atom stereocenters. The van der Waals surface area contributed by atoms with Crippen molar-refractivity contribution in [2.45, 2.75) is 31.4 Å². The zero-order chi connectivity index (χ0) is 16.5. The summed E-state index contributed by atoms with van der Waals surface area (Å²) < 4.78 is 11.1. The largest absolute Gasteiger partial charge is 0.384 e. The van der Waals surface area contributed by atoms with Crippen molar-refractivity contribution in [3.63, 3.8) is 0 Å². The lowest BCUT2D eigenvalue weighted by molar-refractivity contribution is -0.0809. The molecule has 5 nitrogen and oxygen atoms in total. The molecule has 5 heteroatoms. The fraction of sp³-hybridized carbons (Fsp3) is 0.632. The van der Waals surface area contributed by atoms with E-state index in [0.717, 1.165) is 31.7 Å². The molecule has 1 N–H and O–H groups in total. The van der Waals surface area contributed by atoms with E-state index in [2.05, 4.69) is 22.3 Å². The van der Waals surface area contributed by atoms with Gasteiger partial charge in [-0.3, -0.25) is 4.79 Å². The third-order valence-electron chi connectivity index (χ3n) is 5.79. The Hall–Kier alpha value is -1.59. The van der Waals surface area contributed by atoms with E-state index in [1.54, 1.807) is 7.11 Å². The van der Waals surface area contributed by atoms with E-state index in [1.165, 1.54) is 18.5 Å². The molecular weight excluding hydrogens is 304 g/mol. The van der Waals surface area contributed by atoms with Gasteiger partial charge < -0.3 is 19.7 Å². The molecule has 2 saturated heterocycles. The second-order valence-corrected chi connectivity index (χ2v) is 7.15. The van der Waals surface area contributed by atoms with E-state index in [-0.39, 0.29) is 24.0 Å². The number of benzene rings is 1. The highest BCUT2D eigenvalue weighted by Gasteiger charge is 2.54. The van der Waals surface area contributed by atoms with Gasteiger partial charge in [-0.1, -0.05) is 0 Å². The highest BCUT2D eigenvalue weighted by atomic mass is 16.5. The van der Waals surface area contributed by atoms with Crippen LogP contribution in [0.3, 0.4) is 0 Å². The number of anilines is 1. The van der Waals surface area contributed by atoms with Crippen molar-refractivity contribution in [2.75, 3.05) is 38.3 Å². The zero-order valence-electron chi connectivity index (χ0n) is 14.2. The Morgan fingerprint density at radius 3 is 2.75 bits per heavy atom. The second-order valence-electron chi connectivity index (χ2n) is 7.15. The Morgan fingerprint density at radius 1 is 1.29 bits per heavy atom. The number of amides is 1. The van der Waals surface area contributed by atoms with Crippen LogP contribution < -0.4 is 10.2 Å². The average molecular weight is 330 g/mol. The molecule has 3 aliphatic rings. The zero-order valence-corrected chi connectivity index (χ0v) is 14.2. The van der Waals surface area contributed by atoms with Crippen molar-refractivity contribution in [3.05, 3.63) is 29.8 Å². The predicted molar refractivity (Wildman–Crippen MR) is 92.4 cm³/mol. The Morgan fingerprint density at radius 2 is 2.04 bits per heavy atom. The summed E-state index contributed by atoms with van der Waals surface area (Å²) in [5, 5.41) is 3.22. The molecule has 0 radical (unpaired) electrons. The summed E-state index contributed by atoms with van der Waals surface area (Å²) in [5.74, 6) is 0.729. The standard InChI is InChI=1S/C19H26N2O3/c1-23-12-16-17(15-8-11-24-18(15)16)20-19(22)13-4-6-14(7-5-13)21-9-2-3-10-21/h4-7,15-18H,2-3,8-12H2,1H3,(H,20,22)/t15-,16+,17-,18-/m1/s1. The maximum absolute atomic E-state index is 12.6. The monoisotopic (exact) mass is 330 g/mol. The van der Waals surface area contributed by atoms with Gasteiger partial charge in [0.2, 0.25) is 0 Å². The number of nitrogens with one attached hydrogen (secondary N) is 1. The van der Waals surface area contributed by atoms with Crippen molar-refractivity contribution in [1.82, 2.24) is 5.32 Å². The van der Waals surface area contributed by atoms with Gasteiger partial charge in [0.15, 0.2) is 0 Å². The van der Waals surface area contributed by atoms with Crippen molar-refractivity contribution >= 4 is 11.6 Å². The van der Waals surface area contributed by atoms with Crippen LogP contribution in [0.2, 0.25) is 0 Å². The molecule has 0 bridgehead atoms. The smallest absolute Gasteiger partial charge is 0.251 e. The van der Waals surface area contributed by atoms with Crippen molar-refractivity contribution in [3.8, 4) is 0 Å². The van der Waals surface area contributed by atoms with Gasteiger partial charge in [0.1, 0.15) is 0 Å². The lowest BCUT2D eigenvalue weighted by Crippen LogP contribution is -2.62. The second kappa shape index (κ2) is 6.73. The van der Waals surface area contributed by atoms with Crippen LogP contribution in [0, 0.1) is 11.8 Å². The molecule has 2 aliphatic heterocycles. The van der Waals surface area contributed by atoms with Gasteiger partial charge in [-0.05, 0) is 43.5 Å². The van der Waals surface area contributed by atoms with Crippen LogP contribution in [-0.4, -0.2) is 51.5 Å². The molecule has 4 atom stereocenters. The molecule has 1 aromatic carbocycles. The van der Waals surface area contributed by atoms with Crippen LogP contribution in [0.4, 0.5) is 5.69 Å². The SMILES string of the molecule is COC[C@H]1[C@H](NC(=O)c2ccc(N3CCCC3)cc2)[C@H]2CCO[C@H]21. The normalized spacial score (nSPS) is 31.6. The van der Waals surface area contributed by atoms with E-state index in [9.17, 15) is 4.79 Å². The number of methoxy groups -OCH3 is 1. The van der Waals surface area contributed by atoms with Crippen LogP contribution in [0.15, 0.2) is 24.3 Å². The highest BCUT2D eigenvalue weighted by Crippen LogP contribution is 2.43. The quantitative estimate of drug-likeness (QED) is 0.898. The molecule has 1 aromatic rings. The Labute approximate surface area is 143 Å². The third-order valence-corrected chi connectivity index (χ3v) is 5.79. The van der Waals surface area contributed by atoms with Crippen LogP contribution in [-0.2, 0) is 9.47 Å². The Bertz CT molecular complexity index is 583. The van der Waals surface area contributed by atoms with E-state index in [4.69, 9.17) is 9.47 Å². The predicted octanol–water partition coefficient (Wildman–Crippen LogP) is 2.07. The third kappa shape index (κ3) is 2.80. The van der Waals surface area contributed by atoms with Crippen molar-refractivity contribution in [2.24, 2.45) is 11.8 Å². The average Bonchev–Trinajstić information content (AvgIpc) is 3.28. The molecule has 4 rings (SSSR count). The minimum absolute atomic E-state index is 0.0134. The maximum Gasteiger partial charge on any atom is 0.251 e. The summed E-state index contributed by atoms with van der Waals surface area (Å²) in [5.41, 5.74) is 1.95. The summed E-state index contributed by atoms with van der Waals surface area (Å²) in [6.45, 7) is 3.68. The van der Waals surface area contributed by atoms with Crippen LogP contribution in [0.1, 0.15) is 29.6 Å². The van der Waals surface area contributed by atoms with Crippen molar-refractivity contribution in [1.29, 1.82) is 0 Å². The number of nitrogens with zero attached hydrogens (tertiary/aromatic N) is 1. The fourth-order valence-corrected chi connectivity index (χ4v) is 4.47. The summed E-state index contributed by atoms with van der Waals surface area (Å²) >= 11 is 0. The lowest BCUT2D eigenvalue weighted by Gasteiger charge is -2.47. The first-order chi connectivity index (χ1) is 11.8. The first-order valence-electron chi connectivity index (χ1n) is 9.04. The Balaban J connectivity index is 1.40. The first-order valence-corrected chi connectivity index (χ1v) is 9.04. The van der Waals surface area contributed by atoms with E-state index < -0.39 is 0 Å². The molecule has 1 aliphatic carbocycles. The topological polar surface area (TPSA) is 50.8 Å². The van der Waals surface area contributed by atoms with E-state index in [1.807, 2.05) is 12.1 Å². The van der Waals surface area contributed by atoms with Gasteiger partial charge in [-0.2, -0.15) is 0 Å². The molecule has 24 heavy (non-hydrogen) atoms. The van der Waals surface area contributed by atoms with Gasteiger partial charge in [0.05, 0.1) is 12.7 Å². The minimum atomic E-state index is 0.0134. The molecule has 1 saturated carbocycles. The fourth-order valence-electron chi connectivity index (χ4n) is 4.47. The first kappa shape index (κ1) is 15.9. The van der Waals surface area contributed by atoms with Gasteiger partial charge in [0.25, 0.3) is 5.91 Å². The van der Waals surface area contributed by atoms with Crippen LogP contribution in [0.5, 0.6) is 0 Å². The van der Waals surface area contributed by atoms with Crippen molar-refractivity contribution < 1.29 is 14.3 Å². The van der Waals surface area contributed by atoms with E-state index in [0.29, 0.717) is 12.5 Å². The number of carbonyl (C=O) groups excluding carboxylic acids is 1. The van der Waals surface area contributed by atoms with Gasteiger partial charge in [0, 0.05) is 55.9 Å². The number of hydrogen-bond acceptors (Lipinski definition) is 4. The summed E-state index contributed by atoms with van der Waals surface area (Å²) in [6, 6.07) is 8.18. The van der Waals surface area contributed by atoms with E-state index >= 15 is 0 Å². The molecule has 3 fully saturated rings. The number of fused-ring (bicyclic) bond motifs is 1. The summed E-state index contributed by atoms with van der Waals surface area (Å²) in [4.78, 5) is 15.0. The number of ether oxygens (including phenoxy) is 2. The molecular formula is C19H26N2O3. The van der Waals surface area contributed by atoms with Gasteiger partial charge in [-0.15, -0.1) is 0 Å². The molecule has 1 amide bonds. The Kier molecular flexibility index (Phi) is 4.46. The van der Waals surface area contributed by atoms with Crippen LogP contribution >= 0.6 is 0 Å². The maximum atomic E-state index is 12.6. The summed E-state index contributed by atoms with van der Waals surface area (Å²) in [6.07, 6.45) is 3.81. The number of hydrogen-bond donors (Lipinski definition) is 1. The highest BCUT2D eigenvalue weighted by molar-refractivity contribution is 5.94. The molecule has 0 aromatic heterocycles. The minimum Gasteiger partial charge on any atom is -0.384 e. The van der Waals surface area contributed by atoms with Crippen LogP contribution in [0.25, 0.3) is 0 Å².